The summed E-state index contributed by atoms with van der Waals surface area (Å²) >= 11 is 3.53. The van der Waals surface area contributed by atoms with Gasteiger partial charge in [-0.05, 0) is 18.0 Å². The van der Waals surface area contributed by atoms with E-state index in [1.807, 2.05) is 6.07 Å². The minimum Gasteiger partial charge on any atom is -1.00 e. The normalized spacial score (nSPS) is 15.8. The van der Waals surface area contributed by atoms with Gasteiger partial charge in [-0.15, -0.1) is 39.7 Å². The third kappa shape index (κ3) is 3.21. The molecule has 112 valence electrons. The fourth-order valence-corrected chi connectivity index (χ4v) is 3.32. The van der Waals surface area contributed by atoms with Crippen LogP contribution in [-0.4, -0.2) is 13.1 Å². The van der Waals surface area contributed by atoms with Crippen LogP contribution in [0.3, 0.4) is 0 Å². The van der Waals surface area contributed by atoms with Gasteiger partial charge in [0.1, 0.15) is 0 Å². The van der Waals surface area contributed by atoms with E-state index in [9.17, 15) is 0 Å². The van der Waals surface area contributed by atoms with Gasteiger partial charge in [0.05, 0.1) is 0 Å². The predicted molar refractivity (Wildman–Crippen MR) is 77.8 cm³/mol. The van der Waals surface area contributed by atoms with E-state index in [2.05, 4.69) is 70.4 Å². The maximum absolute atomic E-state index is 3.53. The molecule has 0 N–H and O–H groups in total. The third-order valence-corrected chi connectivity index (χ3v) is 4.29. The quantitative estimate of drug-likeness (QED) is 0.329. The van der Waals surface area contributed by atoms with E-state index < -0.39 is 0 Å². The van der Waals surface area contributed by atoms with E-state index in [1.54, 1.807) is 0 Å². The Labute approximate surface area is 176 Å². The molecule has 1 aliphatic carbocycles. The molecule has 1 unspecified atom stereocenters. The number of halogens is 4. The SMILES string of the molecule is CN1c2cc(Br)c[c-]c2C2=c3ccccc3=CC21.[Cl-].[Cl-].[Cl-].[Zr+4]. The summed E-state index contributed by atoms with van der Waals surface area (Å²) in [7, 11) is 2.15. The Balaban J connectivity index is 0.00000110. The summed E-state index contributed by atoms with van der Waals surface area (Å²) in [6.45, 7) is 0. The summed E-state index contributed by atoms with van der Waals surface area (Å²) < 4.78 is 1.09. The first kappa shape index (κ1) is 22.2. The molecule has 0 saturated carbocycles. The van der Waals surface area contributed by atoms with E-state index in [4.69, 9.17) is 0 Å². The molecule has 1 aliphatic heterocycles. The van der Waals surface area contributed by atoms with Gasteiger partial charge in [-0.2, -0.15) is 0 Å². The van der Waals surface area contributed by atoms with Crippen molar-refractivity contribution in [3.63, 3.8) is 0 Å². The van der Waals surface area contributed by atoms with Gasteiger partial charge < -0.3 is 42.1 Å². The Hall–Kier alpha value is 0.213. The van der Waals surface area contributed by atoms with E-state index in [0.717, 1.165) is 4.47 Å². The number of benzene rings is 2. The molecule has 2 aromatic carbocycles. The van der Waals surface area contributed by atoms with E-state index in [0.29, 0.717) is 6.04 Å². The fraction of sp³-hybridized carbons (Fsp3) is 0.125. The second-order valence-corrected chi connectivity index (χ2v) is 5.72. The predicted octanol–water partition coefficient (Wildman–Crippen LogP) is -6.93. The first-order valence-electron chi connectivity index (χ1n) is 6.01. The smallest absolute Gasteiger partial charge is 1.00 e. The molecule has 1 nitrogen and oxygen atoms in total. The average Bonchev–Trinajstić information content (AvgIpc) is 2.87. The van der Waals surface area contributed by atoms with Gasteiger partial charge in [0, 0.05) is 6.04 Å². The monoisotopic (exact) mass is 491 g/mol. The first-order valence-corrected chi connectivity index (χ1v) is 6.80. The van der Waals surface area contributed by atoms with Crippen molar-refractivity contribution in [3.8, 4) is 0 Å². The molecule has 22 heavy (non-hydrogen) atoms. The van der Waals surface area contributed by atoms with Gasteiger partial charge >= 0.3 is 26.2 Å². The van der Waals surface area contributed by atoms with Crippen molar-refractivity contribution in [2.45, 2.75) is 6.04 Å². The molecule has 2 aromatic rings. The Bertz CT molecular complexity index is 794. The summed E-state index contributed by atoms with van der Waals surface area (Å²) in [5.74, 6) is 0. The van der Waals surface area contributed by atoms with Crippen LogP contribution in [0.2, 0.25) is 0 Å². The molecule has 0 fully saturated rings. The Morgan fingerprint density at radius 3 is 2.55 bits per heavy atom. The molecular weight excluding hydrogens is 484 g/mol. The minimum absolute atomic E-state index is 0. The summed E-state index contributed by atoms with van der Waals surface area (Å²) in [6.07, 6.45) is 2.34. The van der Waals surface area contributed by atoms with Gasteiger partial charge in [-0.25, -0.2) is 0 Å². The molecule has 0 spiro atoms. The van der Waals surface area contributed by atoms with Crippen molar-refractivity contribution >= 4 is 33.3 Å². The Morgan fingerprint density at radius 1 is 1.14 bits per heavy atom. The maximum atomic E-state index is 3.53. The molecular formula is C16H11BrCl3NZr. The molecule has 4 rings (SSSR count). The molecule has 1 atom stereocenters. The molecule has 0 bridgehead atoms. The van der Waals surface area contributed by atoms with Crippen LogP contribution < -0.4 is 52.6 Å². The minimum atomic E-state index is 0. The number of hydrogen-bond acceptors (Lipinski definition) is 1. The van der Waals surface area contributed by atoms with Crippen molar-refractivity contribution < 1.29 is 63.4 Å². The number of nitrogens with zero attached hydrogens (tertiary/aromatic N) is 1. The summed E-state index contributed by atoms with van der Waals surface area (Å²) in [6, 6.07) is 16.6. The van der Waals surface area contributed by atoms with Crippen molar-refractivity contribution in [2.75, 3.05) is 11.9 Å². The molecule has 0 radical (unpaired) electrons. The van der Waals surface area contributed by atoms with Crippen LogP contribution in [0.5, 0.6) is 0 Å². The topological polar surface area (TPSA) is 3.24 Å². The van der Waals surface area contributed by atoms with Crippen molar-refractivity contribution in [2.24, 2.45) is 0 Å². The fourth-order valence-electron chi connectivity index (χ4n) is 2.99. The standard InChI is InChI=1S/C16H11BrN.3ClH.Zr/c1-18-14-9-11(17)6-7-13(14)16-12-5-3-2-4-10(12)8-15(16)18;;;;/h2-6,8-9,15H,1H3;3*1H;/q-1;;;;+4/p-3. The number of likely N-dealkylation sites (N-methyl/N-ethyl adjacent to an activating group) is 1. The van der Waals surface area contributed by atoms with E-state index in [1.165, 1.54) is 27.3 Å². The van der Waals surface area contributed by atoms with Crippen LogP contribution in [0.1, 0.15) is 5.56 Å². The van der Waals surface area contributed by atoms with Crippen molar-refractivity contribution in [1.82, 2.24) is 0 Å². The molecule has 0 aromatic heterocycles. The van der Waals surface area contributed by atoms with Gasteiger partial charge in [0.2, 0.25) is 0 Å². The van der Waals surface area contributed by atoms with Gasteiger partial charge in [-0.1, -0.05) is 45.6 Å². The summed E-state index contributed by atoms with van der Waals surface area (Å²) in [5, 5.41) is 2.69. The number of anilines is 1. The molecule has 0 amide bonds. The van der Waals surface area contributed by atoms with Gasteiger partial charge in [-0.3, -0.25) is 0 Å². The second-order valence-electron chi connectivity index (χ2n) is 4.80. The average molecular weight is 495 g/mol. The van der Waals surface area contributed by atoms with Crippen LogP contribution in [0.4, 0.5) is 5.69 Å². The number of rotatable bonds is 0. The summed E-state index contributed by atoms with van der Waals surface area (Å²) in [4.78, 5) is 2.33. The maximum Gasteiger partial charge on any atom is 4.00 e. The van der Waals surface area contributed by atoms with Gasteiger partial charge in [0.25, 0.3) is 0 Å². The largest absolute Gasteiger partial charge is 4.00 e. The second kappa shape index (κ2) is 8.35. The molecule has 6 heteroatoms. The van der Waals surface area contributed by atoms with Crippen LogP contribution in [0.25, 0.3) is 11.6 Å². The van der Waals surface area contributed by atoms with E-state index >= 15 is 0 Å². The summed E-state index contributed by atoms with van der Waals surface area (Å²) in [5.41, 5.74) is 3.90. The zero-order valence-electron chi connectivity index (χ0n) is 11.6. The number of fused-ring (bicyclic) bond motifs is 4. The van der Waals surface area contributed by atoms with Crippen LogP contribution in [-0.2, 0) is 26.2 Å². The molecule has 0 saturated heterocycles. The third-order valence-electron chi connectivity index (χ3n) is 3.84. The number of hydrogen-bond donors (Lipinski definition) is 0. The van der Waals surface area contributed by atoms with Crippen molar-refractivity contribution in [1.29, 1.82) is 0 Å². The Kier molecular flexibility index (Phi) is 8.43. The Morgan fingerprint density at radius 2 is 1.82 bits per heavy atom. The molecule has 1 heterocycles. The van der Waals surface area contributed by atoms with Gasteiger partial charge in [0.15, 0.2) is 0 Å². The van der Waals surface area contributed by atoms with Crippen LogP contribution in [0, 0.1) is 6.07 Å². The molecule has 2 aliphatic rings. The zero-order chi connectivity index (χ0) is 12.3. The van der Waals surface area contributed by atoms with Crippen molar-refractivity contribution in [3.05, 3.63) is 62.9 Å². The van der Waals surface area contributed by atoms with E-state index in [-0.39, 0.29) is 63.4 Å². The first-order chi connectivity index (χ1) is 8.75. The van der Waals surface area contributed by atoms with Crippen LogP contribution >= 0.6 is 15.9 Å². The zero-order valence-corrected chi connectivity index (χ0v) is 17.9. The van der Waals surface area contributed by atoms with Crippen LogP contribution in [0.15, 0.2) is 40.9 Å².